The Bertz CT molecular complexity index is 668. The number of anilines is 2. The molecule has 1 fully saturated rings. The van der Waals surface area contributed by atoms with Crippen LogP contribution in [0.4, 0.5) is 11.4 Å². The molecule has 0 spiro atoms. The van der Waals surface area contributed by atoms with Gasteiger partial charge in [-0.2, -0.15) is 4.31 Å². The minimum atomic E-state index is -3.43. The zero-order chi connectivity index (χ0) is 18.4. The van der Waals surface area contributed by atoms with Crippen LogP contribution in [-0.4, -0.2) is 76.6 Å². The van der Waals surface area contributed by atoms with Crippen molar-refractivity contribution in [2.24, 2.45) is 0 Å². The number of hydrogen-bond donors (Lipinski definition) is 1. The molecule has 1 heterocycles. The van der Waals surface area contributed by atoms with Crippen LogP contribution in [0.15, 0.2) is 24.3 Å². The SMILES string of the molecule is CN(C)CCN(CC(=O)Nc1ccc(N2CCCC2)cc1)S(C)(=O)=O. The Balaban J connectivity index is 1.93. The van der Waals surface area contributed by atoms with Crippen molar-refractivity contribution in [1.82, 2.24) is 9.21 Å². The fourth-order valence-corrected chi connectivity index (χ4v) is 3.53. The summed E-state index contributed by atoms with van der Waals surface area (Å²) in [6.45, 7) is 2.81. The fraction of sp³-hybridized carbons (Fsp3) is 0.588. The van der Waals surface area contributed by atoms with Gasteiger partial charge in [0.1, 0.15) is 0 Å². The molecule has 140 valence electrons. The van der Waals surface area contributed by atoms with E-state index in [4.69, 9.17) is 0 Å². The molecule has 1 aromatic rings. The van der Waals surface area contributed by atoms with Crippen LogP contribution in [0, 0.1) is 0 Å². The van der Waals surface area contributed by atoms with Crippen molar-refractivity contribution in [3.8, 4) is 0 Å². The highest BCUT2D eigenvalue weighted by Gasteiger charge is 2.20. The Labute approximate surface area is 150 Å². The van der Waals surface area contributed by atoms with Crippen LogP contribution in [0.2, 0.25) is 0 Å². The van der Waals surface area contributed by atoms with Gasteiger partial charge >= 0.3 is 0 Å². The minimum Gasteiger partial charge on any atom is -0.372 e. The number of nitrogens with one attached hydrogen (secondary N) is 1. The van der Waals surface area contributed by atoms with Gasteiger partial charge in [0.15, 0.2) is 0 Å². The van der Waals surface area contributed by atoms with Gasteiger partial charge in [-0.05, 0) is 51.2 Å². The predicted octanol–water partition coefficient (Wildman–Crippen LogP) is 1.05. The molecule has 0 aromatic heterocycles. The lowest BCUT2D eigenvalue weighted by molar-refractivity contribution is -0.116. The normalized spacial score (nSPS) is 15.2. The molecule has 0 radical (unpaired) electrons. The molecule has 0 unspecified atom stereocenters. The van der Waals surface area contributed by atoms with Crippen molar-refractivity contribution in [2.45, 2.75) is 12.8 Å². The first-order valence-electron chi connectivity index (χ1n) is 8.50. The number of sulfonamides is 1. The van der Waals surface area contributed by atoms with E-state index in [1.807, 2.05) is 43.3 Å². The van der Waals surface area contributed by atoms with Crippen molar-refractivity contribution in [2.75, 3.05) is 63.3 Å². The molecule has 1 aliphatic rings. The molecule has 2 rings (SSSR count). The fourth-order valence-electron chi connectivity index (χ4n) is 2.77. The number of carbonyl (C=O) groups is 1. The Morgan fingerprint density at radius 1 is 1.12 bits per heavy atom. The van der Waals surface area contributed by atoms with E-state index in [9.17, 15) is 13.2 Å². The van der Waals surface area contributed by atoms with Crippen LogP contribution in [0.3, 0.4) is 0 Å². The lowest BCUT2D eigenvalue weighted by Gasteiger charge is -2.21. The van der Waals surface area contributed by atoms with E-state index in [0.29, 0.717) is 12.2 Å². The molecule has 7 nitrogen and oxygen atoms in total. The van der Waals surface area contributed by atoms with Crippen LogP contribution < -0.4 is 10.2 Å². The second-order valence-electron chi connectivity index (χ2n) is 6.69. The van der Waals surface area contributed by atoms with Gasteiger partial charge in [0.25, 0.3) is 0 Å². The summed E-state index contributed by atoms with van der Waals surface area (Å²) in [5.74, 6) is -0.335. The summed E-state index contributed by atoms with van der Waals surface area (Å²) in [6.07, 6.45) is 3.56. The first-order valence-corrected chi connectivity index (χ1v) is 10.4. The highest BCUT2D eigenvalue weighted by molar-refractivity contribution is 7.88. The van der Waals surface area contributed by atoms with Gasteiger partial charge in [-0.3, -0.25) is 4.79 Å². The summed E-state index contributed by atoms with van der Waals surface area (Å²) in [7, 11) is 0.301. The predicted molar refractivity (Wildman–Crippen MR) is 101 cm³/mol. The standard InChI is InChI=1S/C17H28N4O3S/c1-19(2)12-13-21(25(3,23)24)14-17(22)18-15-6-8-16(9-7-15)20-10-4-5-11-20/h6-9H,4-5,10-14H2,1-3H3,(H,18,22). The van der Waals surface area contributed by atoms with Gasteiger partial charge in [0.05, 0.1) is 12.8 Å². The number of benzene rings is 1. The van der Waals surface area contributed by atoms with Crippen LogP contribution in [-0.2, 0) is 14.8 Å². The molecule has 0 aliphatic carbocycles. The molecule has 8 heteroatoms. The number of rotatable bonds is 8. The van der Waals surface area contributed by atoms with Gasteiger partial charge < -0.3 is 15.1 Å². The van der Waals surface area contributed by atoms with Crippen molar-refractivity contribution < 1.29 is 13.2 Å². The third kappa shape index (κ3) is 6.30. The van der Waals surface area contributed by atoms with E-state index in [0.717, 1.165) is 25.0 Å². The van der Waals surface area contributed by atoms with Crippen molar-refractivity contribution in [3.63, 3.8) is 0 Å². The van der Waals surface area contributed by atoms with E-state index < -0.39 is 10.0 Å². The van der Waals surface area contributed by atoms with Crippen LogP contribution in [0.25, 0.3) is 0 Å². The molecule has 0 bridgehead atoms. The highest BCUT2D eigenvalue weighted by Crippen LogP contribution is 2.22. The maximum absolute atomic E-state index is 12.2. The average molecular weight is 369 g/mol. The summed E-state index contributed by atoms with van der Waals surface area (Å²) in [5, 5.41) is 2.77. The van der Waals surface area contributed by atoms with Gasteiger partial charge in [-0.25, -0.2) is 8.42 Å². The average Bonchev–Trinajstić information content (AvgIpc) is 3.05. The van der Waals surface area contributed by atoms with Gasteiger partial charge in [0.2, 0.25) is 15.9 Å². The lowest BCUT2D eigenvalue weighted by atomic mass is 10.2. The maximum Gasteiger partial charge on any atom is 0.239 e. The van der Waals surface area contributed by atoms with Crippen LogP contribution in [0.5, 0.6) is 0 Å². The van der Waals surface area contributed by atoms with E-state index in [1.165, 1.54) is 17.1 Å². The number of hydrogen-bond acceptors (Lipinski definition) is 5. The third-order valence-electron chi connectivity index (χ3n) is 4.21. The molecule has 1 aliphatic heterocycles. The molecule has 0 saturated carbocycles. The Morgan fingerprint density at radius 3 is 2.24 bits per heavy atom. The van der Waals surface area contributed by atoms with Crippen molar-refractivity contribution >= 4 is 27.3 Å². The quantitative estimate of drug-likeness (QED) is 0.742. The number of nitrogens with zero attached hydrogens (tertiary/aromatic N) is 3. The Kier molecular flexibility index (Phi) is 6.80. The monoisotopic (exact) mass is 368 g/mol. The molecule has 0 atom stereocenters. The largest absolute Gasteiger partial charge is 0.372 e. The summed E-state index contributed by atoms with van der Waals surface area (Å²) in [4.78, 5) is 16.4. The molecule has 1 amide bonds. The van der Waals surface area contributed by atoms with E-state index >= 15 is 0 Å². The minimum absolute atomic E-state index is 0.180. The maximum atomic E-state index is 12.2. The zero-order valence-corrected chi connectivity index (χ0v) is 16.1. The molecular weight excluding hydrogens is 340 g/mol. The highest BCUT2D eigenvalue weighted by atomic mass is 32.2. The molecule has 25 heavy (non-hydrogen) atoms. The summed E-state index contributed by atoms with van der Waals surface area (Å²) < 4.78 is 24.9. The van der Waals surface area contributed by atoms with Crippen molar-refractivity contribution in [3.05, 3.63) is 24.3 Å². The third-order valence-corrected chi connectivity index (χ3v) is 5.46. The molecular formula is C17H28N4O3S. The summed E-state index contributed by atoms with van der Waals surface area (Å²) >= 11 is 0. The number of carbonyl (C=O) groups excluding carboxylic acids is 1. The molecule has 1 N–H and O–H groups in total. The zero-order valence-electron chi connectivity index (χ0n) is 15.2. The summed E-state index contributed by atoms with van der Waals surface area (Å²) in [6, 6.07) is 7.69. The van der Waals surface area contributed by atoms with Gasteiger partial charge in [-0.15, -0.1) is 0 Å². The summed E-state index contributed by atoms with van der Waals surface area (Å²) in [5.41, 5.74) is 1.83. The number of likely N-dealkylation sites (N-methyl/N-ethyl adjacent to an activating group) is 1. The molecule has 1 saturated heterocycles. The van der Waals surface area contributed by atoms with Crippen molar-refractivity contribution in [1.29, 1.82) is 0 Å². The second-order valence-corrected chi connectivity index (χ2v) is 8.67. The molecule has 1 aromatic carbocycles. The Morgan fingerprint density at radius 2 is 1.72 bits per heavy atom. The lowest BCUT2D eigenvalue weighted by Crippen LogP contribution is -2.41. The van der Waals surface area contributed by atoms with Gasteiger partial charge in [-0.1, -0.05) is 0 Å². The van der Waals surface area contributed by atoms with E-state index in [-0.39, 0.29) is 19.0 Å². The topological polar surface area (TPSA) is 73.0 Å². The smallest absolute Gasteiger partial charge is 0.239 e. The Hall–Kier alpha value is -1.64. The van der Waals surface area contributed by atoms with Gasteiger partial charge in [0, 0.05) is 37.6 Å². The number of amides is 1. The van der Waals surface area contributed by atoms with Crippen LogP contribution in [0.1, 0.15) is 12.8 Å². The second kappa shape index (κ2) is 8.64. The van der Waals surface area contributed by atoms with E-state index in [2.05, 4.69) is 10.2 Å². The van der Waals surface area contributed by atoms with Crippen LogP contribution >= 0.6 is 0 Å². The van der Waals surface area contributed by atoms with E-state index in [1.54, 1.807) is 0 Å². The first kappa shape index (κ1) is 19.7. The first-order chi connectivity index (χ1) is 11.8.